The SMILES string of the molecule is Cc1cc2c3c(c1)N(c1ccc(C(C)C)cc1)c1c(sc4c1C(C)(C)c1ccccc1-4)B3c1ccc3cc1N2c1ccccc1Sc1ccccc1N3c1ccccc1. The number of hydrogen-bond acceptors (Lipinski definition) is 5. The molecule has 0 amide bonds. The molecule has 3 nitrogen and oxygen atoms in total. The van der Waals surface area contributed by atoms with E-state index in [9.17, 15) is 0 Å². The molecule has 7 aromatic carbocycles. The van der Waals surface area contributed by atoms with Gasteiger partial charge in [0.2, 0.25) is 0 Å². The average Bonchev–Trinajstić information content (AvgIpc) is 3.75. The van der Waals surface area contributed by atoms with Crippen LogP contribution in [-0.4, -0.2) is 6.71 Å². The van der Waals surface area contributed by atoms with Crippen LogP contribution in [0.5, 0.6) is 0 Å². The quantitative estimate of drug-likeness (QED) is 0.165. The van der Waals surface area contributed by atoms with Gasteiger partial charge in [-0.3, -0.25) is 0 Å². The van der Waals surface area contributed by atoms with Crippen LogP contribution in [-0.2, 0) is 5.41 Å². The molecule has 6 heteroatoms. The molecule has 3 aliphatic heterocycles. The second-order valence-corrected chi connectivity index (χ2v) is 19.3. The number of para-hydroxylation sites is 3. The van der Waals surface area contributed by atoms with E-state index in [0.717, 1.165) is 11.4 Å². The predicted octanol–water partition coefficient (Wildman–Crippen LogP) is 13.5. The lowest BCUT2D eigenvalue weighted by molar-refractivity contribution is 0.662. The smallest absolute Gasteiger partial charge is 0.264 e. The third-order valence-corrected chi connectivity index (χ3v) is 15.4. The summed E-state index contributed by atoms with van der Waals surface area (Å²) in [6.07, 6.45) is 0. The summed E-state index contributed by atoms with van der Waals surface area (Å²) in [4.78, 5) is 11.5. The van der Waals surface area contributed by atoms with Crippen molar-refractivity contribution in [2.45, 2.75) is 55.7 Å². The summed E-state index contributed by atoms with van der Waals surface area (Å²) in [5.41, 5.74) is 20.4. The van der Waals surface area contributed by atoms with Crippen molar-refractivity contribution in [1.82, 2.24) is 0 Å². The van der Waals surface area contributed by atoms with Crippen LogP contribution in [0.4, 0.5) is 51.2 Å². The van der Waals surface area contributed by atoms with E-state index in [1.54, 1.807) is 0 Å². The monoisotopic (exact) mass is 795 g/mol. The number of rotatable bonds is 3. The zero-order valence-electron chi connectivity index (χ0n) is 33.8. The van der Waals surface area contributed by atoms with Crippen LogP contribution in [0.1, 0.15) is 55.9 Å². The Labute approximate surface area is 355 Å². The van der Waals surface area contributed by atoms with Crippen LogP contribution in [0.15, 0.2) is 168 Å². The zero-order valence-corrected chi connectivity index (χ0v) is 35.5. The molecule has 4 heterocycles. The number of fused-ring (bicyclic) bond motifs is 12. The normalized spacial score (nSPS) is 14.9. The molecular weight excluding hydrogens is 754 g/mol. The minimum absolute atomic E-state index is 0.0564. The highest BCUT2D eigenvalue weighted by molar-refractivity contribution is 7.99. The Kier molecular flexibility index (Phi) is 7.59. The van der Waals surface area contributed by atoms with Crippen molar-refractivity contribution in [2.75, 3.05) is 14.7 Å². The fourth-order valence-corrected chi connectivity index (χ4v) is 13.0. The van der Waals surface area contributed by atoms with Gasteiger partial charge in [0.1, 0.15) is 0 Å². The van der Waals surface area contributed by atoms with Gasteiger partial charge < -0.3 is 14.7 Å². The summed E-state index contributed by atoms with van der Waals surface area (Å²) in [5.74, 6) is 0.459. The molecule has 0 spiro atoms. The van der Waals surface area contributed by atoms with Crippen LogP contribution in [0, 0.1) is 6.92 Å². The van der Waals surface area contributed by atoms with Gasteiger partial charge in [-0.25, -0.2) is 0 Å². The van der Waals surface area contributed by atoms with E-state index in [4.69, 9.17) is 0 Å². The van der Waals surface area contributed by atoms with Gasteiger partial charge in [0, 0.05) is 64.5 Å². The highest BCUT2D eigenvalue weighted by atomic mass is 32.2. The number of aryl methyl sites for hydroxylation is 1. The highest BCUT2D eigenvalue weighted by Crippen LogP contribution is 2.59. The van der Waals surface area contributed by atoms with E-state index in [-0.39, 0.29) is 12.1 Å². The number of thiophene rings is 1. The molecule has 0 radical (unpaired) electrons. The van der Waals surface area contributed by atoms with E-state index >= 15 is 0 Å². The summed E-state index contributed by atoms with van der Waals surface area (Å²) >= 11 is 3.88. The maximum Gasteiger partial charge on any atom is 0.264 e. The molecule has 0 N–H and O–H groups in total. The summed E-state index contributed by atoms with van der Waals surface area (Å²) in [6.45, 7) is 11.8. The summed E-state index contributed by atoms with van der Waals surface area (Å²) in [6, 6.07) is 59.4. The van der Waals surface area contributed by atoms with Crippen LogP contribution in [0.3, 0.4) is 0 Å². The van der Waals surface area contributed by atoms with Crippen molar-refractivity contribution in [3.05, 3.63) is 180 Å². The molecular formula is C53H42BN3S2. The maximum absolute atomic E-state index is 2.64. The molecule has 0 saturated carbocycles. The van der Waals surface area contributed by atoms with Crippen LogP contribution in [0.25, 0.3) is 10.4 Å². The molecule has 0 atom stereocenters. The summed E-state index contributed by atoms with van der Waals surface area (Å²) < 4.78 is 1.43. The topological polar surface area (TPSA) is 9.72 Å². The summed E-state index contributed by atoms with van der Waals surface area (Å²) in [7, 11) is 0. The molecule has 59 heavy (non-hydrogen) atoms. The van der Waals surface area contributed by atoms with E-state index in [1.165, 1.54) is 98.0 Å². The third kappa shape index (κ3) is 4.97. The van der Waals surface area contributed by atoms with Gasteiger partial charge in [0.25, 0.3) is 6.71 Å². The van der Waals surface area contributed by atoms with E-state index < -0.39 is 0 Å². The number of hydrogen-bond donors (Lipinski definition) is 0. The van der Waals surface area contributed by atoms with Crippen molar-refractivity contribution >= 4 is 96.7 Å². The van der Waals surface area contributed by atoms with E-state index in [2.05, 4.69) is 207 Å². The van der Waals surface area contributed by atoms with Crippen molar-refractivity contribution < 1.29 is 0 Å². The first-order valence-electron chi connectivity index (χ1n) is 20.7. The van der Waals surface area contributed by atoms with Crippen molar-refractivity contribution in [1.29, 1.82) is 0 Å². The lowest BCUT2D eigenvalue weighted by atomic mass is 9.36. The standard InChI is InChI=1S/C53H42BN3S2/c1-32(2)34-23-25-36(26-24-34)56-44-29-33(3)30-45-49(44)54(52-50(56)48-51(59-52)38-17-9-10-18-39(38)53(48,4)5)40-28-27-37-31-43(40)57(45)42-20-12-14-22-47(42)58-46-21-13-11-19-41(46)55(37)35-15-7-6-8-16-35/h6-32H,1-5H3. The minimum atomic E-state index is -0.166. The average molecular weight is 796 g/mol. The Morgan fingerprint density at radius 1 is 0.559 bits per heavy atom. The Balaban J connectivity index is 1.19. The Morgan fingerprint density at radius 3 is 1.90 bits per heavy atom. The fraction of sp³-hybridized carbons (Fsp3) is 0.132. The number of nitrogens with zero attached hydrogens (tertiary/aromatic N) is 3. The van der Waals surface area contributed by atoms with Crippen LogP contribution < -0.4 is 30.4 Å². The largest absolute Gasteiger partial charge is 0.310 e. The molecule has 0 fully saturated rings. The molecule has 0 unspecified atom stereocenters. The molecule has 8 aromatic rings. The van der Waals surface area contributed by atoms with Crippen LogP contribution >= 0.6 is 23.1 Å². The minimum Gasteiger partial charge on any atom is -0.310 e. The Hall–Kier alpha value is -5.95. The first kappa shape index (κ1) is 35.0. The molecule has 2 bridgehead atoms. The first-order valence-corrected chi connectivity index (χ1v) is 22.4. The first-order chi connectivity index (χ1) is 28.8. The van der Waals surface area contributed by atoms with Gasteiger partial charge in [-0.1, -0.05) is 124 Å². The van der Waals surface area contributed by atoms with Gasteiger partial charge in [-0.05, 0) is 119 Å². The highest BCUT2D eigenvalue weighted by Gasteiger charge is 2.50. The van der Waals surface area contributed by atoms with Gasteiger partial charge >= 0.3 is 0 Å². The molecule has 284 valence electrons. The maximum atomic E-state index is 2.64. The van der Waals surface area contributed by atoms with Gasteiger partial charge in [-0.2, -0.15) is 0 Å². The predicted molar refractivity (Wildman–Crippen MR) is 254 cm³/mol. The lowest BCUT2D eigenvalue weighted by Gasteiger charge is -2.45. The lowest BCUT2D eigenvalue weighted by Crippen LogP contribution is -2.60. The van der Waals surface area contributed by atoms with E-state index in [1.807, 2.05) is 23.1 Å². The number of benzene rings is 7. The second kappa shape index (κ2) is 12.8. The number of anilines is 9. The van der Waals surface area contributed by atoms with Crippen LogP contribution in [0.2, 0.25) is 0 Å². The Morgan fingerprint density at radius 2 is 1.17 bits per heavy atom. The fourth-order valence-electron chi connectivity index (χ4n) is 10.3. The third-order valence-electron chi connectivity index (χ3n) is 13.0. The second-order valence-electron chi connectivity index (χ2n) is 17.2. The molecule has 1 aromatic heterocycles. The van der Waals surface area contributed by atoms with Crippen molar-refractivity contribution in [3.63, 3.8) is 0 Å². The van der Waals surface area contributed by atoms with E-state index in [0.29, 0.717) is 5.92 Å². The molecule has 0 saturated heterocycles. The van der Waals surface area contributed by atoms with Crippen molar-refractivity contribution in [2.24, 2.45) is 0 Å². The molecule has 1 aliphatic carbocycles. The molecule has 12 rings (SSSR count). The summed E-state index contributed by atoms with van der Waals surface area (Å²) in [5, 5.41) is 0. The van der Waals surface area contributed by atoms with Gasteiger partial charge in [-0.15, -0.1) is 11.3 Å². The Bertz CT molecular complexity index is 3020. The van der Waals surface area contributed by atoms with Crippen molar-refractivity contribution in [3.8, 4) is 10.4 Å². The van der Waals surface area contributed by atoms with Gasteiger partial charge in [0.15, 0.2) is 0 Å². The molecule has 4 aliphatic rings. The zero-order chi connectivity index (χ0) is 39.7. The van der Waals surface area contributed by atoms with Gasteiger partial charge in [0.05, 0.1) is 17.1 Å².